The number of rotatable bonds is 4. The maximum absolute atomic E-state index is 5.94. The van der Waals surface area contributed by atoms with Crippen LogP contribution >= 0.6 is 34.8 Å². The molecule has 2 rings (SSSR count). The maximum Gasteiger partial charge on any atom is 0.234 e. The molecule has 0 amide bonds. The van der Waals surface area contributed by atoms with E-state index in [1.54, 1.807) is 0 Å². The fraction of sp³-hybridized carbons (Fsp3) is 0.0714. The van der Waals surface area contributed by atoms with Gasteiger partial charge in [0.25, 0.3) is 0 Å². The first-order valence-corrected chi connectivity index (χ1v) is 6.66. The molecule has 2 nitrogen and oxygen atoms in total. The minimum Gasteiger partial charge on any atom is -0.472 e. The highest BCUT2D eigenvalue weighted by molar-refractivity contribution is 6.42. The van der Waals surface area contributed by atoms with Gasteiger partial charge in [-0.25, -0.2) is 0 Å². The Hall–Kier alpha value is -1.22. The lowest BCUT2D eigenvalue weighted by molar-refractivity contribution is 0.349. The van der Waals surface area contributed by atoms with Crippen molar-refractivity contribution < 1.29 is 4.74 Å². The number of halogens is 3. The Labute approximate surface area is 126 Å². The number of pyridine rings is 1. The van der Waals surface area contributed by atoms with Gasteiger partial charge in [0.1, 0.15) is 11.6 Å². The summed E-state index contributed by atoms with van der Waals surface area (Å²) in [6, 6.07) is 11.4. The molecular weight excluding hydrogens is 305 g/mol. The predicted octanol–water partition coefficient (Wildman–Crippen LogP) is 5.13. The molecule has 0 saturated carbocycles. The second kappa shape index (κ2) is 6.80. The van der Waals surface area contributed by atoms with E-state index in [2.05, 4.69) is 4.98 Å². The molecule has 0 N–H and O–H groups in total. The molecule has 2 aromatic rings. The summed E-state index contributed by atoms with van der Waals surface area (Å²) in [6.07, 6.45) is 3.82. The Balaban J connectivity index is 1.96. The molecule has 0 radical (unpaired) electrons. The molecule has 0 unspecified atom stereocenters. The normalized spacial score (nSPS) is 10.9. The zero-order valence-corrected chi connectivity index (χ0v) is 12.1. The van der Waals surface area contributed by atoms with Crippen molar-refractivity contribution in [3.63, 3.8) is 0 Å². The Morgan fingerprint density at radius 3 is 2.53 bits per heavy atom. The maximum atomic E-state index is 5.94. The summed E-state index contributed by atoms with van der Waals surface area (Å²) in [7, 11) is 0. The number of nitrogens with zero attached hydrogens (tertiary/aromatic N) is 1. The third kappa shape index (κ3) is 4.13. The van der Waals surface area contributed by atoms with E-state index >= 15 is 0 Å². The zero-order valence-electron chi connectivity index (χ0n) is 9.82. The number of hydrogen-bond acceptors (Lipinski definition) is 2. The standard InChI is InChI=1S/C14H10Cl3NO/c15-11-9-12(16)14(18-13(11)17)19-8-4-7-10-5-2-1-3-6-10/h1-7,9H,8H2/b7-4+. The van der Waals surface area contributed by atoms with Crippen LogP contribution in [0.4, 0.5) is 0 Å². The Morgan fingerprint density at radius 1 is 1.05 bits per heavy atom. The van der Waals surface area contributed by atoms with Gasteiger partial charge >= 0.3 is 0 Å². The molecule has 0 atom stereocenters. The number of benzene rings is 1. The predicted molar refractivity (Wildman–Crippen MR) is 80.2 cm³/mol. The molecule has 0 aliphatic heterocycles. The third-order valence-electron chi connectivity index (χ3n) is 2.28. The van der Waals surface area contributed by atoms with Gasteiger partial charge in [0.15, 0.2) is 5.15 Å². The van der Waals surface area contributed by atoms with Gasteiger partial charge in [0, 0.05) is 0 Å². The first-order chi connectivity index (χ1) is 9.16. The third-order valence-corrected chi connectivity index (χ3v) is 3.22. The summed E-state index contributed by atoms with van der Waals surface area (Å²) in [5.74, 6) is 0.272. The summed E-state index contributed by atoms with van der Waals surface area (Å²) in [6.45, 7) is 0.347. The van der Waals surface area contributed by atoms with Crippen molar-refractivity contribution in [1.82, 2.24) is 4.98 Å². The summed E-state index contributed by atoms with van der Waals surface area (Å²) >= 11 is 17.5. The number of ether oxygens (including phenoxy) is 1. The number of aromatic nitrogens is 1. The molecule has 5 heteroatoms. The van der Waals surface area contributed by atoms with E-state index in [0.29, 0.717) is 16.7 Å². The monoisotopic (exact) mass is 313 g/mol. The largest absolute Gasteiger partial charge is 0.472 e. The second-order valence-electron chi connectivity index (χ2n) is 3.67. The molecule has 0 aliphatic rings. The minimum atomic E-state index is 0.174. The SMILES string of the molecule is Clc1cc(Cl)c(OC/C=C/c2ccccc2)nc1Cl. The van der Waals surface area contributed by atoms with Gasteiger partial charge < -0.3 is 4.74 Å². The molecule has 19 heavy (non-hydrogen) atoms. The summed E-state index contributed by atoms with van der Waals surface area (Å²) in [4.78, 5) is 3.96. The van der Waals surface area contributed by atoms with E-state index in [9.17, 15) is 0 Å². The van der Waals surface area contributed by atoms with Gasteiger partial charge in [0.05, 0.1) is 5.02 Å². The molecule has 1 aromatic carbocycles. The average molecular weight is 315 g/mol. The van der Waals surface area contributed by atoms with Gasteiger partial charge in [-0.05, 0) is 17.7 Å². The molecule has 1 aromatic heterocycles. The highest BCUT2D eigenvalue weighted by Crippen LogP contribution is 2.30. The molecule has 0 aliphatic carbocycles. The van der Waals surface area contributed by atoms with Crippen LogP contribution in [0.2, 0.25) is 15.2 Å². The first kappa shape index (κ1) is 14.2. The van der Waals surface area contributed by atoms with E-state index in [0.717, 1.165) is 5.56 Å². The van der Waals surface area contributed by atoms with E-state index < -0.39 is 0 Å². The van der Waals surface area contributed by atoms with Crippen LogP contribution < -0.4 is 4.74 Å². The Bertz CT molecular complexity index is 585. The van der Waals surface area contributed by atoms with Gasteiger partial charge in [-0.15, -0.1) is 0 Å². The van der Waals surface area contributed by atoms with Crippen molar-refractivity contribution in [2.45, 2.75) is 0 Å². The van der Waals surface area contributed by atoms with Crippen molar-refractivity contribution in [1.29, 1.82) is 0 Å². The lowest BCUT2D eigenvalue weighted by Crippen LogP contribution is -1.97. The molecule has 98 valence electrons. The van der Waals surface area contributed by atoms with Crippen LogP contribution in [0.5, 0.6) is 5.88 Å². The molecule has 0 fully saturated rings. The molecule has 1 heterocycles. The molecule has 0 saturated heterocycles. The van der Waals surface area contributed by atoms with Gasteiger partial charge in [0.2, 0.25) is 5.88 Å². The van der Waals surface area contributed by atoms with Crippen molar-refractivity contribution in [2.24, 2.45) is 0 Å². The summed E-state index contributed by atoms with van der Waals surface area (Å²) in [5.41, 5.74) is 1.10. The highest BCUT2D eigenvalue weighted by atomic mass is 35.5. The highest BCUT2D eigenvalue weighted by Gasteiger charge is 2.08. The summed E-state index contributed by atoms with van der Waals surface area (Å²) < 4.78 is 5.42. The van der Waals surface area contributed by atoms with Crippen LogP contribution in [-0.2, 0) is 0 Å². The van der Waals surface area contributed by atoms with Crippen LogP contribution in [-0.4, -0.2) is 11.6 Å². The van der Waals surface area contributed by atoms with E-state index in [1.807, 2.05) is 42.5 Å². The van der Waals surface area contributed by atoms with Gasteiger partial charge in [-0.1, -0.05) is 71.2 Å². The topological polar surface area (TPSA) is 22.1 Å². The fourth-order valence-electron chi connectivity index (χ4n) is 1.41. The fourth-order valence-corrected chi connectivity index (χ4v) is 1.95. The van der Waals surface area contributed by atoms with Crippen LogP contribution in [0.3, 0.4) is 0 Å². The van der Waals surface area contributed by atoms with E-state index in [4.69, 9.17) is 39.5 Å². The molecular formula is C14H10Cl3NO. The van der Waals surface area contributed by atoms with Gasteiger partial charge in [-0.2, -0.15) is 4.98 Å². The Kier molecular flexibility index (Phi) is 5.08. The van der Waals surface area contributed by atoms with Crippen LogP contribution in [0.15, 0.2) is 42.5 Å². The van der Waals surface area contributed by atoms with Crippen molar-refractivity contribution in [3.05, 3.63) is 63.2 Å². The van der Waals surface area contributed by atoms with Crippen molar-refractivity contribution >= 4 is 40.9 Å². The Morgan fingerprint density at radius 2 is 1.79 bits per heavy atom. The van der Waals surface area contributed by atoms with Crippen molar-refractivity contribution in [2.75, 3.05) is 6.61 Å². The van der Waals surface area contributed by atoms with Crippen molar-refractivity contribution in [3.8, 4) is 5.88 Å². The van der Waals surface area contributed by atoms with Crippen LogP contribution in [0.1, 0.15) is 5.56 Å². The second-order valence-corrected chi connectivity index (χ2v) is 4.84. The van der Waals surface area contributed by atoms with Crippen LogP contribution in [0, 0.1) is 0 Å². The molecule has 0 spiro atoms. The minimum absolute atomic E-state index is 0.174. The van der Waals surface area contributed by atoms with E-state index in [-0.39, 0.29) is 11.0 Å². The summed E-state index contributed by atoms with van der Waals surface area (Å²) in [5, 5.41) is 0.814. The lowest BCUT2D eigenvalue weighted by Gasteiger charge is -2.05. The lowest BCUT2D eigenvalue weighted by atomic mass is 10.2. The van der Waals surface area contributed by atoms with E-state index in [1.165, 1.54) is 6.07 Å². The van der Waals surface area contributed by atoms with Gasteiger partial charge in [-0.3, -0.25) is 0 Å². The first-order valence-electron chi connectivity index (χ1n) is 5.53. The van der Waals surface area contributed by atoms with Crippen LogP contribution in [0.25, 0.3) is 6.08 Å². The molecule has 0 bridgehead atoms. The quantitative estimate of drug-likeness (QED) is 0.729. The average Bonchev–Trinajstić information content (AvgIpc) is 2.41. The number of hydrogen-bond donors (Lipinski definition) is 0. The zero-order chi connectivity index (χ0) is 13.7. The smallest absolute Gasteiger partial charge is 0.234 e.